The maximum absolute atomic E-state index is 15.0. The fraction of sp³-hybridized carbons (Fsp3) is 0.545. The highest BCUT2D eigenvalue weighted by Gasteiger charge is 2.57. The number of benzene rings is 2. The first kappa shape index (κ1) is 66.0. The number of carbonyl (C=O) groups is 12. The minimum atomic E-state index is -2.73. The number of nitrogens with two attached hydrogens (primary N) is 3. The van der Waals surface area contributed by atoms with Crippen molar-refractivity contribution in [1.29, 1.82) is 5.41 Å². The number of primary amides is 2. The summed E-state index contributed by atoms with van der Waals surface area (Å²) in [6.07, 6.45) is -1.24. The Hall–Kier alpha value is -8.49. The Labute approximate surface area is 475 Å². The molecule has 2 aromatic rings. The number of nitrogens with zero attached hydrogens (tertiary/aromatic N) is 1. The molecule has 17 N–H and O–H groups in total. The molecule has 4 rings (SSSR count). The Balaban J connectivity index is 1.71. The third-order valence-electron chi connectivity index (χ3n) is 14.0. The highest BCUT2D eigenvalue weighted by Crippen LogP contribution is 2.37. The Morgan fingerprint density at radius 3 is 1.88 bits per heavy atom. The van der Waals surface area contributed by atoms with Crippen LogP contribution in [-0.4, -0.2) is 160 Å². The number of aromatic hydroxyl groups is 2. The summed E-state index contributed by atoms with van der Waals surface area (Å²) < 4.78 is 0. The molecular weight excluding hydrogens is 1070 g/mol. The number of rotatable bonds is 29. The second-order valence-electron chi connectivity index (χ2n) is 21.4. The minimum absolute atomic E-state index is 0.0596. The number of carbonyl (C=O) groups excluding carboxylic acids is 12. The summed E-state index contributed by atoms with van der Waals surface area (Å²) in [6, 6.07) is 1.97. The van der Waals surface area contributed by atoms with Crippen LogP contribution in [0.5, 0.6) is 11.5 Å². The molecular formula is C55H79N13O14. The van der Waals surface area contributed by atoms with Crippen LogP contribution in [0.2, 0.25) is 0 Å². The van der Waals surface area contributed by atoms with Crippen LogP contribution in [0.25, 0.3) is 0 Å². The van der Waals surface area contributed by atoms with Crippen molar-refractivity contribution >= 4 is 76.5 Å². The van der Waals surface area contributed by atoms with Crippen molar-refractivity contribution in [3.8, 4) is 11.5 Å². The number of guanidine groups is 1. The van der Waals surface area contributed by atoms with Crippen molar-refractivity contribution in [2.75, 3.05) is 26.7 Å². The molecule has 1 aliphatic carbocycles. The van der Waals surface area contributed by atoms with E-state index in [-0.39, 0.29) is 99.8 Å². The molecule has 1 aliphatic heterocycles. The van der Waals surface area contributed by atoms with E-state index in [2.05, 4.69) is 42.5 Å². The zero-order valence-corrected chi connectivity index (χ0v) is 46.9. The molecule has 0 spiro atoms. The van der Waals surface area contributed by atoms with Gasteiger partial charge in [-0.2, -0.15) is 0 Å². The first-order valence-corrected chi connectivity index (χ1v) is 27.3. The van der Waals surface area contributed by atoms with Crippen molar-refractivity contribution in [1.82, 2.24) is 47.4 Å². The first-order chi connectivity index (χ1) is 38.7. The molecule has 448 valence electrons. The third kappa shape index (κ3) is 18.8. The van der Waals surface area contributed by atoms with Crippen molar-refractivity contribution in [2.24, 2.45) is 29.0 Å². The van der Waals surface area contributed by atoms with Crippen LogP contribution in [-0.2, 0) is 64.0 Å². The SMILES string of the molecule is CNCC(=O)N[C@@]1(C(=O)N[C@@H](CC(N)=O)C(=O)N[C@@H](CC(C)C)C(=O)N[C@@H](Cc2ccc(O)cc2)C(=O)N[C@@H](CCCNC(=N)N)C(=O)N[C@H](C(=O)N2CCC[C@H]2C(=O)CC(N)=O)C(C)C)C(=O)CCCCC(=O)C1c1ccc(O)cc1. The molecule has 2 aromatic carbocycles. The fourth-order valence-electron chi connectivity index (χ4n) is 9.99. The van der Waals surface area contributed by atoms with E-state index in [4.69, 9.17) is 22.6 Å². The Morgan fingerprint density at radius 1 is 0.720 bits per heavy atom. The van der Waals surface area contributed by atoms with Gasteiger partial charge in [0.05, 0.1) is 31.3 Å². The zero-order valence-electron chi connectivity index (χ0n) is 46.9. The number of phenols is 2. The predicted molar refractivity (Wildman–Crippen MR) is 296 cm³/mol. The van der Waals surface area contributed by atoms with Gasteiger partial charge >= 0.3 is 0 Å². The molecule has 2 fully saturated rings. The molecule has 1 unspecified atom stereocenters. The average molecular weight is 1150 g/mol. The summed E-state index contributed by atoms with van der Waals surface area (Å²) in [5.74, 6) is -14.2. The lowest BCUT2D eigenvalue weighted by Gasteiger charge is -2.40. The molecule has 0 aromatic heterocycles. The monoisotopic (exact) mass is 1150 g/mol. The van der Waals surface area contributed by atoms with Crippen LogP contribution in [0.3, 0.4) is 0 Å². The number of Topliss-reactive ketones (excluding diaryl/α,β-unsaturated/α-hetero) is 3. The van der Waals surface area contributed by atoms with Crippen LogP contribution in [0, 0.1) is 17.2 Å². The fourth-order valence-corrected chi connectivity index (χ4v) is 9.99. The van der Waals surface area contributed by atoms with Gasteiger partial charge in [0.25, 0.3) is 5.91 Å². The molecule has 1 saturated carbocycles. The number of likely N-dealkylation sites (tertiary alicyclic amines) is 1. The van der Waals surface area contributed by atoms with Crippen LogP contribution < -0.4 is 59.7 Å². The molecule has 82 heavy (non-hydrogen) atoms. The van der Waals surface area contributed by atoms with Gasteiger partial charge in [0.15, 0.2) is 23.1 Å². The molecule has 0 radical (unpaired) electrons. The molecule has 1 heterocycles. The van der Waals surface area contributed by atoms with E-state index >= 15 is 4.79 Å². The first-order valence-electron chi connectivity index (χ1n) is 27.3. The minimum Gasteiger partial charge on any atom is -0.508 e. The van der Waals surface area contributed by atoms with Crippen LogP contribution in [0.1, 0.15) is 115 Å². The van der Waals surface area contributed by atoms with E-state index in [1.807, 2.05) is 0 Å². The lowest BCUT2D eigenvalue weighted by Crippen LogP contribution is -2.71. The van der Waals surface area contributed by atoms with Crippen LogP contribution in [0.15, 0.2) is 48.5 Å². The van der Waals surface area contributed by atoms with Crippen LogP contribution in [0.4, 0.5) is 0 Å². The Morgan fingerprint density at radius 2 is 1.29 bits per heavy atom. The molecule has 27 nitrogen and oxygen atoms in total. The van der Waals surface area contributed by atoms with Crippen LogP contribution >= 0.6 is 0 Å². The second-order valence-corrected chi connectivity index (χ2v) is 21.4. The molecule has 8 atom stereocenters. The maximum Gasteiger partial charge on any atom is 0.255 e. The summed E-state index contributed by atoms with van der Waals surface area (Å²) in [4.78, 5) is 168. The van der Waals surface area contributed by atoms with Gasteiger partial charge in [-0.25, -0.2) is 0 Å². The largest absolute Gasteiger partial charge is 0.508 e. The van der Waals surface area contributed by atoms with E-state index in [0.717, 1.165) is 0 Å². The predicted octanol–water partition coefficient (Wildman–Crippen LogP) is -2.09. The van der Waals surface area contributed by atoms with Crippen molar-refractivity contribution in [3.05, 3.63) is 59.7 Å². The Bertz CT molecular complexity index is 2690. The van der Waals surface area contributed by atoms with Gasteiger partial charge in [0.2, 0.25) is 47.3 Å². The van der Waals surface area contributed by atoms with E-state index < -0.39 is 144 Å². The highest BCUT2D eigenvalue weighted by molar-refractivity contribution is 6.19. The molecule has 0 bridgehead atoms. The summed E-state index contributed by atoms with van der Waals surface area (Å²) in [5, 5.41) is 48.5. The number of ketones is 3. The quantitative estimate of drug-likeness (QED) is 0.0180. The van der Waals surface area contributed by atoms with Gasteiger partial charge in [-0.05, 0) is 99.2 Å². The van der Waals surface area contributed by atoms with Gasteiger partial charge in [-0.15, -0.1) is 0 Å². The number of hydrogen-bond donors (Lipinski definition) is 14. The average Bonchev–Trinajstić information content (AvgIpc) is 3.45. The normalized spacial score (nSPS) is 19.0. The number of amides is 9. The topological polar surface area (TPSA) is 447 Å². The summed E-state index contributed by atoms with van der Waals surface area (Å²) in [7, 11) is 1.42. The number of nitrogens with one attached hydrogen (secondary N) is 9. The van der Waals surface area contributed by atoms with E-state index in [9.17, 15) is 63.0 Å². The maximum atomic E-state index is 15.0. The van der Waals surface area contributed by atoms with Gasteiger partial charge in [-0.1, -0.05) is 52.0 Å². The van der Waals surface area contributed by atoms with Gasteiger partial charge in [0, 0.05) is 32.4 Å². The third-order valence-corrected chi connectivity index (χ3v) is 14.0. The molecule has 1 saturated heterocycles. The number of phenolic OH excluding ortho intramolecular Hbond substituents is 2. The second kappa shape index (κ2) is 30.9. The van der Waals surface area contributed by atoms with Crippen molar-refractivity contribution in [2.45, 2.75) is 152 Å². The van der Waals surface area contributed by atoms with E-state index in [1.165, 1.54) is 60.5 Å². The van der Waals surface area contributed by atoms with Crippen molar-refractivity contribution in [3.63, 3.8) is 0 Å². The number of hydrogen-bond acceptors (Lipinski definition) is 16. The lowest BCUT2D eigenvalue weighted by atomic mass is 9.69. The smallest absolute Gasteiger partial charge is 0.255 e. The summed E-state index contributed by atoms with van der Waals surface area (Å²) in [6.45, 7) is 6.51. The van der Waals surface area contributed by atoms with E-state index in [0.29, 0.717) is 12.0 Å². The van der Waals surface area contributed by atoms with E-state index in [1.54, 1.807) is 27.7 Å². The zero-order chi connectivity index (χ0) is 61.0. The summed E-state index contributed by atoms with van der Waals surface area (Å²) >= 11 is 0. The molecule has 27 heteroatoms. The summed E-state index contributed by atoms with van der Waals surface area (Å²) in [5.41, 5.74) is 14.1. The van der Waals surface area contributed by atoms with Crippen molar-refractivity contribution < 1.29 is 67.7 Å². The highest BCUT2D eigenvalue weighted by atomic mass is 16.3. The molecule has 9 amide bonds. The van der Waals surface area contributed by atoms with Gasteiger partial charge in [0.1, 0.15) is 47.5 Å². The lowest BCUT2D eigenvalue weighted by molar-refractivity contribution is -0.148. The van der Waals surface area contributed by atoms with Gasteiger partial charge in [-0.3, -0.25) is 62.9 Å². The number of likely N-dealkylation sites (N-methyl/N-ethyl adjacent to an activating group) is 1. The Kier molecular flexibility index (Phi) is 24.9. The van der Waals surface area contributed by atoms with Gasteiger partial charge < -0.3 is 74.8 Å². The molecule has 2 aliphatic rings. The standard InChI is InChI=1S/C55H79N13O14/c1-29(2)24-36(63-51(80)38(26-43(56)74)65-53(82)55(67-45(76)28-60-5)42(73)13-7-6-12-40(71)46(55)32-16-20-34(70)21-17-32)49(78)64-37(25-31-14-18-33(69)19-15-31)50(79)62-35(10-8-22-61-54(58)59)48(77)66-47(30(3)4)52(81)68-23-9-11-39(68)41(72)27-44(57)75/h14-21,29-30,35-39,46-47,60,69-70H,6-13,22-28H2,1-5H3,(H2,56,74)(H2,57,75)(H,62,79)(H,63,80)(H,64,78)(H,65,82)(H,66,77)(H,67,76)(H4,58,59,61)/t35-,36-,37-,38-,39-,46?,47-,55-/m0/s1.